The van der Waals surface area contributed by atoms with Crippen molar-refractivity contribution in [3.8, 4) is 0 Å². The maximum absolute atomic E-state index is 6.03. The summed E-state index contributed by atoms with van der Waals surface area (Å²) in [6.07, 6.45) is 4.13. The molecule has 0 amide bonds. The Hall–Kier alpha value is -0.760. The van der Waals surface area contributed by atoms with Gasteiger partial charge in [0.25, 0.3) is 0 Å². The van der Waals surface area contributed by atoms with Gasteiger partial charge in [-0.3, -0.25) is 0 Å². The van der Waals surface area contributed by atoms with Crippen molar-refractivity contribution in [1.82, 2.24) is 4.98 Å². The molecule has 2 nitrogen and oxygen atoms in total. The van der Waals surface area contributed by atoms with Crippen LogP contribution in [0.2, 0.25) is 5.15 Å². The molecule has 0 radical (unpaired) electrons. The number of hydrogen-bond acceptors (Lipinski definition) is 2. The smallest absolute Gasteiger partial charge is 0.152 e. The third-order valence-corrected chi connectivity index (χ3v) is 3.12. The molecule has 0 spiro atoms. The summed E-state index contributed by atoms with van der Waals surface area (Å²) in [5, 5.41) is 3.96. The molecule has 0 aliphatic carbocycles. The quantitative estimate of drug-likeness (QED) is 0.771. The van der Waals surface area contributed by atoms with Gasteiger partial charge >= 0.3 is 0 Å². The summed E-state index contributed by atoms with van der Waals surface area (Å²) in [4.78, 5) is 4.07. The summed E-state index contributed by atoms with van der Waals surface area (Å²) in [5.41, 5.74) is 2.13. The summed E-state index contributed by atoms with van der Waals surface area (Å²) in [5.74, 6) is 0.709. The van der Waals surface area contributed by atoms with Crippen LogP contribution < -0.4 is 5.32 Å². The zero-order valence-electron chi connectivity index (χ0n) is 9.68. The zero-order valence-corrected chi connectivity index (χ0v) is 10.4. The van der Waals surface area contributed by atoms with Crippen molar-refractivity contribution in [1.29, 1.82) is 0 Å². The molecule has 0 aliphatic rings. The van der Waals surface area contributed by atoms with Crippen molar-refractivity contribution in [2.75, 3.05) is 11.9 Å². The molecule has 0 aromatic carbocycles. The molecular formula is C12H19ClN2. The fourth-order valence-electron chi connectivity index (χ4n) is 1.56. The number of nitrogens with zero attached hydrogens (tertiary/aromatic N) is 1. The lowest BCUT2D eigenvalue weighted by Crippen LogP contribution is -2.13. The predicted molar refractivity (Wildman–Crippen MR) is 66.5 cm³/mol. The van der Waals surface area contributed by atoms with Crippen molar-refractivity contribution in [3.05, 3.63) is 23.0 Å². The first kappa shape index (κ1) is 12.3. The molecule has 1 aromatic heterocycles. The number of pyridine rings is 1. The summed E-state index contributed by atoms with van der Waals surface area (Å²) < 4.78 is 0. The van der Waals surface area contributed by atoms with E-state index in [1.54, 1.807) is 6.20 Å². The Morgan fingerprint density at radius 3 is 2.60 bits per heavy atom. The minimum Gasteiger partial charge on any atom is -0.382 e. The summed E-state index contributed by atoms with van der Waals surface area (Å²) >= 11 is 6.03. The van der Waals surface area contributed by atoms with E-state index < -0.39 is 0 Å². The highest BCUT2D eigenvalue weighted by Gasteiger charge is 2.07. The van der Waals surface area contributed by atoms with Crippen LogP contribution >= 0.6 is 11.6 Å². The van der Waals surface area contributed by atoms with Crippen LogP contribution in [0, 0.1) is 12.8 Å². The molecule has 3 heteroatoms. The lowest BCUT2D eigenvalue weighted by Gasteiger charge is -2.16. The van der Waals surface area contributed by atoms with Gasteiger partial charge in [-0.05, 0) is 24.5 Å². The van der Waals surface area contributed by atoms with E-state index in [0.717, 1.165) is 17.8 Å². The minimum atomic E-state index is 0.570. The van der Waals surface area contributed by atoms with Crippen LogP contribution in [-0.2, 0) is 0 Å². The standard InChI is InChI=1S/C12H19ClN2/c1-4-10(5-2)8-15-11-9(3)6-7-14-12(11)13/h6-7,10,15H,4-5,8H2,1-3H3. The van der Waals surface area contributed by atoms with Crippen LogP contribution in [0.15, 0.2) is 12.3 Å². The number of halogens is 1. The third-order valence-electron chi connectivity index (χ3n) is 2.84. The fourth-order valence-corrected chi connectivity index (χ4v) is 1.83. The first-order valence-electron chi connectivity index (χ1n) is 5.54. The molecule has 1 heterocycles. The van der Waals surface area contributed by atoms with Crippen molar-refractivity contribution >= 4 is 17.3 Å². The van der Waals surface area contributed by atoms with Crippen LogP contribution in [0.5, 0.6) is 0 Å². The normalized spacial score (nSPS) is 10.7. The predicted octanol–water partition coefficient (Wildman–Crippen LogP) is 3.89. The monoisotopic (exact) mass is 226 g/mol. The lowest BCUT2D eigenvalue weighted by atomic mass is 10.0. The van der Waals surface area contributed by atoms with Crippen molar-refractivity contribution in [3.63, 3.8) is 0 Å². The summed E-state index contributed by atoms with van der Waals surface area (Å²) in [7, 11) is 0. The lowest BCUT2D eigenvalue weighted by molar-refractivity contribution is 0.519. The Balaban J connectivity index is 2.64. The molecule has 0 aliphatic heterocycles. The molecule has 0 atom stereocenters. The van der Waals surface area contributed by atoms with E-state index >= 15 is 0 Å². The minimum absolute atomic E-state index is 0.570. The van der Waals surface area contributed by atoms with Gasteiger partial charge in [-0.25, -0.2) is 4.98 Å². The van der Waals surface area contributed by atoms with Crippen LogP contribution in [-0.4, -0.2) is 11.5 Å². The molecule has 0 saturated carbocycles. The molecule has 15 heavy (non-hydrogen) atoms. The van der Waals surface area contributed by atoms with Gasteiger partial charge in [0.2, 0.25) is 0 Å². The second-order valence-electron chi connectivity index (χ2n) is 3.86. The van der Waals surface area contributed by atoms with Gasteiger partial charge < -0.3 is 5.32 Å². The second-order valence-corrected chi connectivity index (χ2v) is 4.22. The Kier molecular flexibility index (Phi) is 4.89. The zero-order chi connectivity index (χ0) is 11.3. The van der Waals surface area contributed by atoms with E-state index in [2.05, 4.69) is 24.1 Å². The summed E-state index contributed by atoms with van der Waals surface area (Å²) in [6.45, 7) is 7.45. The van der Waals surface area contributed by atoms with Crippen LogP contribution in [0.25, 0.3) is 0 Å². The molecule has 0 unspecified atom stereocenters. The highest BCUT2D eigenvalue weighted by molar-refractivity contribution is 6.32. The Bertz CT molecular complexity index is 288. The van der Waals surface area contributed by atoms with Crippen molar-refractivity contribution in [2.24, 2.45) is 5.92 Å². The fraction of sp³-hybridized carbons (Fsp3) is 0.583. The molecule has 0 fully saturated rings. The maximum Gasteiger partial charge on any atom is 0.152 e. The first-order chi connectivity index (χ1) is 7.19. The van der Waals surface area contributed by atoms with Gasteiger partial charge in [-0.2, -0.15) is 0 Å². The van der Waals surface area contributed by atoms with Crippen LogP contribution in [0.1, 0.15) is 32.3 Å². The largest absolute Gasteiger partial charge is 0.382 e. The van der Waals surface area contributed by atoms with Gasteiger partial charge in [-0.1, -0.05) is 38.3 Å². The van der Waals surface area contributed by atoms with Crippen molar-refractivity contribution in [2.45, 2.75) is 33.6 Å². The first-order valence-corrected chi connectivity index (χ1v) is 5.91. The van der Waals surface area contributed by atoms with Crippen LogP contribution in [0.4, 0.5) is 5.69 Å². The van der Waals surface area contributed by atoms with Crippen LogP contribution in [0.3, 0.4) is 0 Å². The number of anilines is 1. The number of hydrogen-bond donors (Lipinski definition) is 1. The highest BCUT2D eigenvalue weighted by Crippen LogP contribution is 2.23. The summed E-state index contributed by atoms with van der Waals surface area (Å²) in [6, 6.07) is 1.97. The van der Waals surface area contributed by atoms with Gasteiger partial charge in [0.15, 0.2) is 5.15 Å². The van der Waals surface area contributed by atoms with Gasteiger partial charge in [0.05, 0.1) is 5.69 Å². The molecule has 1 aromatic rings. The topological polar surface area (TPSA) is 24.9 Å². The number of rotatable bonds is 5. The van der Waals surface area contributed by atoms with Gasteiger partial charge in [-0.15, -0.1) is 0 Å². The van der Waals surface area contributed by atoms with Gasteiger partial charge in [0, 0.05) is 12.7 Å². The highest BCUT2D eigenvalue weighted by atomic mass is 35.5. The second kappa shape index (κ2) is 5.96. The number of aryl methyl sites for hydroxylation is 1. The Morgan fingerprint density at radius 2 is 2.07 bits per heavy atom. The molecule has 1 rings (SSSR count). The molecular weight excluding hydrogens is 208 g/mol. The van der Waals surface area contributed by atoms with Crippen molar-refractivity contribution < 1.29 is 0 Å². The van der Waals surface area contributed by atoms with E-state index in [4.69, 9.17) is 11.6 Å². The maximum atomic E-state index is 6.03. The van der Waals surface area contributed by atoms with E-state index in [0.29, 0.717) is 11.1 Å². The van der Waals surface area contributed by atoms with E-state index in [9.17, 15) is 0 Å². The Morgan fingerprint density at radius 1 is 1.40 bits per heavy atom. The molecule has 0 bridgehead atoms. The number of aromatic nitrogens is 1. The van der Waals surface area contributed by atoms with E-state index in [-0.39, 0.29) is 0 Å². The third kappa shape index (κ3) is 3.38. The van der Waals surface area contributed by atoms with E-state index in [1.165, 1.54) is 12.8 Å². The number of nitrogens with one attached hydrogen (secondary N) is 1. The average molecular weight is 227 g/mol. The molecule has 0 saturated heterocycles. The molecule has 84 valence electrons. The van der Waals surface area contributed by atoms with E-state index in [1.807, 2.05) is 13.0 Å². The average Bonchev–Trinajstić information content (AvgIpc) is 2.23. The van der Waals surface area contributed by atoms with Gasteiger partial charge in [0.1, 0.15) is 0 Å². The SMILES string of the molecule is CCC(CC)CNc1c(C)ccnc1Cl. The molecule has 1 N–H and O–H groups in total. The Labute approximate surface area is 97.1 Å².